The van der Waals surface area contributed by atoms with E-state index in [1.54, 1.807) is 0 Å². The lowest BCUT2D eigenvalue weighted by atomic mass is 10.0. The predicted octanol–water partition coefficient (Wildman–Crippen LogP) is 1.80. The second kappa shape index (κ2) is 6.91. The Morgan fingerprint density at radius 3 is 2.79 bits per heavy atom. The van der Waals surface area contributed by atoms with Crippen molar-refractivity contribution in [3.8, 4) is 0 Å². The predicted molar refractivity (Wildman–Crippen MR) is 93.3 cm³/mol. The van der Waals surface area contributed by atoms with Crippen molar-refractivity contribution in [1.82, 2.24) is 19.2 Å². The van der Waals surface area contributed by atoms with E-state index in [-0.39, 0.29) is 6.42 Å². The molecule has 1 fully saturated rings. The maximum Gasteiger partial charge on any atom is 0.309 e. The first-order valence-corrected chi connectivity index (χ1v) is 8.51. The van der Waals surface area contributed by atoms with E-state index in [2.05, 4.69) is 33.3 Å². The van der Waals surface area contributed by atoms with Gasteiger partial charge in [0.1, 0.15) is 5.65 Å². The van der Waals surface area contributed by atoms with Gasteiger partial charge in [0.2, 0.25) is 0 Å². The second-order valence-electron chi connectivity index (χ2n) is 6.91. The minimum atomic E-state index is -0.834. The number of carbonyl (C=O) groups is 1. The molecule has 0 unspecified atom stereocenters. The molecule has 3 heterocycles. The molecule has 1 aliphatic heterocycles. The van der Waals surface area contributed by atoms with Gasteiger partial charge in [0, 0.05) is 18.8 Å². The van der Waals surface area contributed by atoms with Gasteiger partial charge in [0.05, 0.1) is 17.8 Å². The van der Waals surface area contributed by atoms with Crippen molar-refractivity contribution < 1.29 is 9.90 Å². The van der Waals surface area contributed by atoms with Gasteiger partial charge in [-0.1, -0.05) is 6.07 Å². The highest BCUT2D eigenvalue weighted by Crippen LogP contribution is 2.21. The Hall–Kier alpha value is -1.92. The molecule has 0 aromatic carbocycles. The summed E-state index contributed by atoms with van der Waals surface area (Å²) in [7, 11) is 4.30. The first-order valence-electron chi connectivity index (χ1n) is 8.51. The highest BCUT2D eigenvalue weighted by Gasteiger charge is 2.23. The van der Waals surface area contributed by atoms with Crippen molar-refractivity contribution in [2.24, 2.45) is 0 Å². The Morgan fingerprint density at radius 2 is 2.12 bits per heavy atom. The quantitative estimate of drug-likeness (QED) is 0.906. The molecule has 1 saturated heterocycles. The Kier molecular flexibility index (Phi) is 4.87. The molecule has 0 bridgehead atoms. The number of fused-ring (bicyclic) bond motifs is 1. The summed E-state index contributed by atoms with van der Waals surface area (Å²) in [6.45, 7) is 4.96. The lowest BCUT2D eigenvalue weighted by Gasteiger charge is -2.35. The standard InChI is InChI=1S/C18H26N4O2/c1-13-5-4-8-22-16(15(11-17(23)24)19-18(13)22)12-21(3)14-6-9-20(2)10-7-14/h4-5,8,14H,6-7,9-12H2,1-3H3,(H,23,24). The molecule has 130 valence electrons. The summed E-state index contributed by atoms with van der Waals surface area (Å²) in [5.41, 5.74) is 3.60. The molecule has 1 aliphatic rings. The van der Waals surface area contributed by atoms with E-state index in [0.717, 1.165) is 49.4 Å². The van der Waals surface area contributed by atoms with E-state index < -0.39 is 5.97 Å². The van der Waals surface area contributed by atoms with Crippen molar-refractivity contribution >= 4 is 11.6 Å². The number of hydrogen-bond acceptors (Lipinski definition) is 4. The molecule has 0 radical (unpaired) electrons. The largest absolute Gasteiger partial charge is 0.481 e. The minimum absolute atomic E-state index is 0.0301. The number of nitrogens with zero attached hydrogens (tertiary/aromatic N) is 4. The zero-order valence-corrected chi connectivity index (χ0v) is 14.7. The van der Waals surface area contributed by atoms with Crippen LogP contribution < -0.4 is 0 Å². The third kappa shape index (κ3) is 3.44. The van der Waals surface area contributed by atoms with Gasteiger partial charge in [-0.3, -0.25) is 9.69 Å². The molecule has 6 nitrogen and oxygen atoms in total. The number of piperidine rings is 1. The summed E-state index contributed by atoms with van der Waals surface area (Å²) in [5.74, 6) is -0.834. The molecule has 2 aromatic rings. The van der Waals surface area contributed by atoms with Gasteiger partial charge in [0.15, 0.2) is 0 Å². The number of aryl methyl sites for hydroxylation is 1. The summed E-state index contributed by atoms with van der Waals surface area (Å²) in [6, 6.07) is 4.54. The fourth-order valence-corrected chi connectivity index (χ4v) is 3.55. The number of carboxylic acid groups (broad SMARTS) is 1. The highest BCUT2D eigenvalue weighted by atomic mass is 16.4. The normalized spacial score (nSPS) is 17.0. The molecule has 0 saturated carbocycles. The monoisotopic (exact) mass is 330 g/mol. The van der Waals surface area contributed by atoms with Crippen molar-refractivity contribution in [2.45, 2.75) is 38.8 Å². The van der Waals surface area contributed by atoms with Crippen LogP contribution in [0.15, 0.2) is 18.3 Å². The molecule has 24 heavy (non-hydrogen) atoms. The summed E-state index contributed by atoms with van der Waals surface area (Å²) < 4.78 is 2.05. The first-order chi connectivity index (χ1) is 11.5. The van der Waals surface area contributed by atoms with Crippen LogP contribution in [0, 0.1) is 6.92 Å². The number of aliphatic carboxylic acids is 1. The number of likely N-dealkylation sites (tertiary alicyclic amines) is 1. The van der Waals surface area contributed by atoms with Crippen molar-refractivity contribution in [3.63, 3.8) is 0 Å². The summed E-state index contributed by atoms with van der Waals surface area (Å²) in [4.78, 5) is 20.6. The lowest BCUT2D eigenvalue weighted by molar-refractivity contribution is -0.136. The highest BCUT2D eigenvalue weighted by molar-refractivity contribution is 5.70. The molecular formula is C18H26N4O2. The molecule has 0 atom stereocenters. The van der Waals surface area contributed by atoms with E-state index in [1.807, 2.05) is 25.3 Å². The van der Waals surface area contributed by atoms with E-state index in [9.17, 15) is 9.90 Å². The molecule has 6 heteroatoms. The summed E-state index contributed by atoms with van der Waals surface area (Å²) in [6.07, 6.45) is 4.25. The van der Waals surface area contributed by atoms with Crippen LogP contribution in [-0.2, 0) is 17.8 Å². The van der Waals surface area contributed by atoms with Crippen LogP contribution in [-0.4, -0.2) is 63.5 Å². The maximum absolute atomic E-state index is 11.2. The van der Waals surface area contributed by atoms with Crippen molar-refractivity contribution in [1.29, 1.82) is 0 Å². The average Bonchev–Trinajstić information content (AvgIpc) is 2.86. The Labute approximate surface area is 142 Å². The van der Waals surface area contributed by atoms with Crippen LogP contribution >= 0.6 is 0 Å². The topological polar surface area (TPSA) is 61.1 Å². The van der Waals surface area contributed by atoms with Crippen LogP contribution in [0.5, 0.6) is 0 Å². The van der Waals surface area contributed by atoms with Crippen molar-refractivity contribution in [2.75, 3.05) is 27.2 Å². The molecule has 0 aliphatic carbocycles. The smallest absolute Gasteiger partial charge is 0.309 e. The van der Waals surface area contributed by atoms with E-state index >= 15 is 0 Å². The Bertz CT molecular complexity index is 732. The van der Waals surface area contributed by atoms with Crippen LogP contribution in [0.2, 0.25) is 0 Å². The number of imidazole rings is 1. The van der Waals surface area contributed by atoms with Gasteiger partial charge >= 0.3 is 5.97 Å². The molecule has 3 rings (SSSR count). The average molecular weight is 330 g/mol. The van der Waals surface area contributed by atoms with Crippen LogP contribution in [0.1, 0.15) is 29.8 Å². The van der Waals surface area contributed by atoms with Gasteiger partial charge in [-0.05, 0) is 58.6 Å². The number of hydrogen-bond donors (Lipinski definition) is 1. The van der Waals surface area contributed by atoms with Crippen LogP contribution in [0.4, 0.5) is 0 Å². The van der Waals surface area contributed by atoms with E-state index in [1.165, 1.54) is 0 Å². The SMILES string of the molecule is Cc1cccn2c(CN(C)C3CCN(C)CC3)c(CC(=O)O)nc12. The fourth-order valence-electron chi connectivity index (χ4n) is 3.55. The van der Waals surface area contributed by atoms with Gasteiger partial charge < -0.3 is 14.4 Å². The van der Waals surface area contributed by atoms with Crippen LogP contribution in [0.25, 0.3) is 5.65 Å². The zero-order valence-electron chi connectivity index (χ0n) is 14.7. The summed E-state index contributed by atoms with van der Waals surface area (Å²) >= 11 is 0. The molecular weight excluding hydrogens is 304 g/mol. The number of carboxylic acids is 1. The van der Waals surface area contributed by atoms with Gasteiger partial charge in [-0.25, -0.2) is 4.98 Å². The second-order valence-corrected chi connectivity index (χ2v) is 6.91. The first kappa shape index (κ1) is 16.9. The van der Waals surface area contributed by atoms with Gasteiger partial charge in [-0.2, -0.15) is 0 Å². The van der Waals surface area contributed by atoms with E-state index in [4.69, 9.17) is 0 Å². The Morgan fingerprint density at radius 1 is 1.42 bits per heavy atom. The Balaban J connectivity index is 1.89. The number of aromatic nitrogens is 2. The molecule has 1 N–H and O–H groups in total. The number of rotatable bonds is 5. The molecule has 0 amide bonds. The fraction of sp³-hybridized carbons (Fsp3) is 0.556. The molecule has 0 spiro atoms. The van der Waals surface area contributed by atoms with Crippen molar-refractivity contribution in [3.05, 3.63) is 35.3 Å². The third-order valence-corrected chi connectivity index (χ3v) is 5.06. The third-order valence-electron chi connectivity index (χ3n) is 5.06. The van der Waals surface area contributed by atoms with E-state index in [0.29, 0.717) is 11.7 Å². The lowest BCUT2D eigenvalue weighted by Crippen LogP contribution is -2.41. The zero-order chi connectivity index (χ0) is 17.3. The molecule has 2 aromatic heterocycles. The van der Waals surface area contributed by atoms with Gasteiger partial charge in [0.25, 0.3) is 0 Å². The maximum atomic E-state index is 11.2. The minimum Gasteiger partial charge on any atom is -0.481 e. The number of pyridine rings is 1. The van der Waals surface area contributed by atoms with Crippen LogP contribution in [0.3, 0.4) is 0 Å². The van der Waals surface area contributed by atoms with Gasteiger partial charge in [-0.15, -0.1) is 0 Å². The summed E-state index contributed by atoms with van der Waals surface area (Å²) in [5, 5.41) is 9.23.